The number of fused-ring (bicyclic) bond motifs is 1. The van der Waals surface area contributed by atoms with E-state index in [0.717, 1.165) is 12.2 Å². The van der Waals surface area contributed by atoms with Gasteiger partial charge in [0.1, 0.15) is 0 Å². The van der Waals surface area contributed by atoms with Crippen molar-refractivity contribution >= 4 is 5.69 Å². The summed E-state index contributed by atoms with van der Waals surface area (Å²) in [4.78, 5) is 0. The van der Waals surface area contributed by atoms with Gasteiger partial charge in [-0.2, -0.15) is 0 Å². The maximum atomic E-state index is 6.13. The van der Waals surface area contributed by atoms with E-state index in [9.17, 15) is 0 Å². The molecule has 1 fully saturated rings. The molecule has 0 radical (unpaired) electrons. The van der Waals surface area contributed by atoms with E-state index in [1.165, 1.54) is 48.8 Å². The first-order valence-electron chi connectivity index (χ1n) is 5.99. The Bertz CT molecular complexity index is 378. The molecule has 0 aromatic heterocycles. The number of rotatable bonds is 1. The molecule has 0 amide bonds. The van der Waals surface area contributed by atoms with Gasteiger partial charge in [0.15, 0.2) is 0 Å². The summed E-state index contributed by atoms with van der Waals surface area (Å²) in [6.07, 6.45) is 6.29. The van der Waals surface area contributed by atoms with Gasteiger partial charge in [0.2, 0.25) is 0 Å². The summed E-state index contributed by atoms with van der Waals surface area (Å²) < 4.78 is 0. The fourth-order valence-corrected chi connectivity index (χ4v) is 2.91. The second kappa shape index (κ2) is 3.53. The van der Waals surface area contributed by atoms with Crippen molar-refractivity contribution in [1.29, 1.82) is 0 Å². The van der Waals surface area contributed by atoms with Gasteiger partial charge in [-0.25, -0.2) is 0 Å². The predicted molar refractivity (Wildman–Crippen MR) is 62.9 cm³/mol. The molecule has 3 rings (SSSR count). The van der Waals surface area contributed by atoms with Crippen molar-refractivity contribution in [3.8, 4) is 0 Å². The third kappa shape index (κ3) is 1.53. The van der Waals surface area contributed by atoms with Gasteiger partial charge in [-0.05, 0) is 61.4 Å². The summed E-state index contributed by atoms with van der Waals surface area (Å²) in [5.74, 6) is 0. The molecule has 1 atom stereocenters. The van der Waals surface area contributed by atoms with Crippen molar-refractivity contribution < 1.29 is 0 Å². The third-order valence-corrected chi connectivity index (χ3v) is 3.73. The molecule has 1 aromatic carbocycles. The van der Waals surface area contributed by atoms with Crippen LogP contribution in [0.4, 0.5) is 5.69 Å². The quantitative estimate of drug-likeness (QED) is 0.685. The van der Waals surface area contributed by atoms with Crippen LogP contribution in [-0.2, 0) is 12.8 Å². The predicted octanol–water partition coefficient (Wildman–Crippen LogP) is 2.18. The number of anilines is 1. The normalized spacial score (nSPS) is 24.4. The molecule has 3 N–H and O–H groups in total. The van der Waals surface area contributed by atoms with Gasteiger partial charge in [-0.1, -0.05) is 6.07 Å². The Labute approximate surface area is 90.9 Å². The molecule has 1 aliphatic carbocycles. The van der Waals surface area contributed by atoms with E-state index in [2.05, 4.69) is 17.4 Å². The Balaban J connectivity index is 2.00. The van der Waals surface area contributed by atoms with Gasteiger partial charge in [0.05, 0.1) is 0 Å². The second-order valence-corrected chi connectivity index (χ2v) is 4.75. The second-order valence-electron chi connectivity index (χ2n) is 4.75. The van der Waals surface area contributed by atoms with E-state index >= 15 is 0 Å². The number of hydrogen-bond acceptors (Lipinski definition) is 2. The van der Waals surface area contributed by atoms with Crippen molar-refractivity contribution in [1.82, 2.24) is 5.32 Å². The van der Waals surface area contributed by atoms with E-state index in [4.69, 9.17) is 5.73 Å². The van der Waals surface area contributed by atoms with E-state index in [1.54, 1.807) is 0 Å². The maximum Gasteiger partial charge on any atom is 0.0365 e. The van der Waals surface area contributed by atoms with Crippen LogP contribution in [0, 0.1) is 0 Å². The third-order valence-electron chi connectivity index (χ3n) is 3.73. The molecule has 80 valence electrons. The molecule has 0 spiro atoms. The number of aryl methyl sites for hydroxylation is 2. The van der Waals surface area contributed by atoms with Crippen molar-refractivity contribution in [2.45, 2.75) is 38.1 Å². The van der Waals surface area contributed by atoms with Crippen LogP contribution >= 0.6 is 0 Å². The monoisotopic (exact) mass is 202 g/mol. The van der Waals surface area contributed by atoms with E-state index in [0.29, 0.717) is 6.04 Å². The molecule has 1 heterocycles. The minimum atomic E-state index is 0.510. The molecule has 1 aliphatic heterocycles. The standard InChI is InChI=1S/C13H18N2/c14-12-8-10-4-1-3-9(10)7-11(12)13-5-2-6-15-13/h7-8,13,15H,1-6,14H2/t13-/m0/s1. The molecular weight excluding hydrogens is 184 g/mol. The highest BCUT2D eigenvalue weighted by Gasteiger charge is 2.21. The summed E-state index contributed by atoms with van der Waals surface area (Å²) in [7, 11) is 0. The minimum Gasteiger partial charge on any atom is -0.398 e. The number of nitrogen functional groups attached to an aromatic ring is 1. The zero-order valence-electron chi connectivity index (χ0n) is 9.05. The van der Waals surface area contributed by atoms with E-state index < -0.39 is 0 Å². The lowest BCUT2D eigenvalue weighted by Crippen LogP contribution is -2.15. The van der Waals surface area contributed by atoms with E-state index in [1.807, 2.05) is 0 Å². The van der Waals surface area contributed by atoms with Gasteiger partial charge in [0, 0.05) is 11.7 Å². The van der Waals surface area contributed by atoms with Crippen LogP contribution in [0.15, 0.2) is 12.1 Å². The Morgan fingerprint density at radius 1 is 1.13 bits per heavy atom. The molecule has 0 bridgehead atoms. The summed E-state index contributed by atoms with van der Waals surface area (Å²) in [6, 6.07) is 5.06. The summed E-state index contributed by atoms with van der Waals surface area (Å²) >= 11 is 0. The zero-order chi connectivity index (χ0) is 10.3. The first kappa shape index (κ1) is 9.22. The Morgan fingerprint density at radius 3 is 2.67 bits per heavy atom. The lowest BCUT2D eigenvalue weighted by Gasteiger charge is -2.15. The average molecular weight is 202 g/mol. The number of nitrogens with two attached hydrogens (primary N) is 1. The van der Waals surface area contributed by atoms with Gasteiger partial charge in [-0.15, -0.1) is 0 Å². The van der Waals surface area contributed by atoms with Gasteiger partial charge >= 0.3 is 0 Å². The molecule has 15 heavy (non-hydrogen) atoms. The largest absolute Gasteiger partial charge is 0.398 e. The van der Waals surface area contributed by atoms with Gasteiger partial charge < -0.3 is 11.1 Å². The molecule has 1 saturated heterocycles. The van der Waals surface area contributed by atoms with Crippen LogP contribution in [0.3, 0.4) is 0 Å². The van der Waals surface area contributed by atoms with Crippen LogP contribution in [0.25, 0.3) is 0 Å². The summed E-state index contributed by atoms with van der Waals surface area (Å²) in [5.41, 5.74) is 11.5. The average Bonchev–Trinajstić information content (AvgIpc) is 2.85. The molecule has 1 aromatic rings. The number of benzene rings is 1. The lowest BCUT2D eigenvalue weighted by atomic mass is 9.98. The summed E-state index contributed by atoms with van der Waals surface area (Å²) in [6.45, 7) is 1.14. The molecular formula is C13H18N2. The van der Waals surface area contributed by atoms with Crippen molar-refractivity contribution in [2.24, 2.45) is 0 Å². The van der Waals surface area contributed by atoms with E-state index in [-0.39, 0.29) is 0 Å². The fraction of sp³-hybridized carbons (Fsp3) is 0.538. The van der Waals surface area contributed by atoms with Crippen molar-refractivity contribution in [2.75, 3.05) is 12.3 Å². The Morgan fingerprint density at radius 2 is 1.93 bits per heavy atom. The highest BCUT2D eigenvalue weighted by atomic mass is 14.9. The van der Waals surface area contributed by atoms with Crippen LogP contribution < -0.4 is 11.1 Å². The molecule has 2 heteroatoms. The van der Waals surface area contributed by atoms with Crippen molar-refractivity contribution in [3.63, 3.8) is 0 Å². The first-order chi connectivity index (χ1) is 7.34. The zero-order valence-corrected chi connectivity index (χ0v) is 9.05. The first-order valence-corrected chi connectivity index (χ1v) is 5.99. The molecule has 2 nitrogen and oxygen atoms in total. The Kier molecular flexibility index (Phi) is 2.17. The fourth-order valence-electron chi connectivity index (χ4n) is 2.91. The van der Waals surface area contributed by atoms with Crippen LogP contribution in [0.1, 0.15) is 42.0 Å². The highest BCUT2D eigenvalue weighted by Crippen LogP contribution is 2.33. The van der Waals surface area contributed by atoms with Crippen LogP contribution in [0.5, 0.6) is 0 Å². The van der Waals surface area contributed by atoms with Gasteiger partial charge in [0.25, 0.3) is 0 Å². The maximum absolute atomic E-state index is 6.13. The lowest BCUT2D eigenvalue weighted by molar-refractivity contribution is 0.649. The SMILES string of the molecule is Nc1cc2c(cc1[C@@H]1CCCN1)CCC2. The highest BCUT2D eigenvalue weighted by molar-refractivity contribution is 5.55. The molecule has 2 aliphatic rings. The topological polar surface area (TPSA) is 38.0 Å². The minimum absolute atomic E-state index is 0.510. The summed E-state index contributed by atoms with van der Waals surface area (Å²) in [5, 5.41) is 3.52. The van der Waals surface area contributed by atoms with Crippen molar-refractivity contribution in [3.05, 3.63) is 28.8 Å². The van der Waals surface area contributed by atoms with Gasteiger partial charge in [-0.3, -0.25) is 0 Å². The smallest absolute Gasteiger partial charge is 0.0365 e. The number of hydrogen-bond donors (Lipinski definition) is 2. The van der Waals surface area contributed by atoms with Crippen LogP contribution in [0.2, 0.25) is 0 Å². The molecule has 0 unspecified atom stereocenters. The Hall–Kier alpha value is -1.02. The number of nitrogens with one attached hydrogen (secondary N) is 1. The molecule has 0 saturated carbocycles. The van der Waals surface area contributed by atoms with Crippen LogP contribution in [-0.4, -0.2) is 6.54 Å².